The highest BCUT2D eigenvalue weighted by molar-refractivity contribution is 5.81. The summed E-state index contributed by atoms with van der Waals surface area (Å²) in [6.07, 6.45) is 8.99. The standard InChI is InChI=1S/C25H25FN6/c1-31-11-7-25(8-12-31)15-19(25)21-5-3-17-16-27-24(14-23(17)29-21)30-22-6-4-18(13-20(22)26)32-10-2-9-28-32/h2-6,9-10,13-14,16,19H,7-8,11-12,15H2,1H3,(H,27,30). The third-order valence-electron chi connectivity index (χ3n) is 7.11. The zero-order valence-corrected chi connectivity index (χ0v) is 18.0. The molecule has 1 spiro atoms. The van der Waals surface area contributed by atoms with Gasteiger partial charge >= 0.3 is 0 Å². The molecule has 6 rings (SSSR count). The van der Waals surface area contributed by atoms with Gasteiger partial charge < -0.3 is 10.2 Å². The fraction of sp³-hybridized carbons (Fsp3) is 0.320. The van der Waals surface area contributed by atoms with Crippen molar-refractivity contribution in [1.29, 1.82) is 0 Å². The Morgan fingerprint density at radius 3 is 2.78 bits per heavy atom. The van der Waals surface area contributed by atoms with E-state index in [9.17, 15) is 4.39 Å². The first-order chi connectivity index (χ1) is 15.6. The van der Waals surface area contributed by atoms with E-state index in [0.29, 0.717) is 28.5 Å². The maximum atomic E-state index is 14.7. The molecule has 7 heteroatoms. The van der Waals surface area contributed by atoms with Gasteiger partial charge in [-0.25, -0.2) is 14.1 Å². The molecule has 1 unspecified atom stereocenters. The molecule has 4 heterocycles. The Hall–Kier alpha value is -3.32. The summed E-state index contributed by atoms with van der Waals surface area (Å²) < 4.78 is 16.3. The number of fused-ring (bicyclic) bond motifs is 1. The molecule has 1 atom stereocenters. The van der Waals surface area contributed by atoms with Crippen LogP contribution in [0.4, 0.5) is 15.9 Å². The summed E-state index contributed by atoms with van der Waals surface area (Å²) in [4.78, 5) is 11.9. The second kappa shape index (κ2) is 7.38. The lowest BCUT2D eigenvalue weighted by Gasteiger charge is -2.29. The predicted molar refractivity (Wildman–Crippen MR) is 123 cm³/mol. The van der Waals surface area contributed by atoms with Gasteiger partial charge in [0.25, 0.3) is 0 Å². The minimum atomic E-state index is -0.358. The van der Waals surface area contributed by atoms with Crippen LogP contribution in [0.2, 0.25) is 0 Å². The third kappa shape index (κ3) is 3.42. The summed E-state index contributed by atoms with van der Waals surface area (Å²) in [5.74, 6) is 0.777. The molecule has 32 heavy (non-hydrogen) atoms. The molecule has 6 nitrogen and oxygen atoms in total. The highest BCUT2D eigenvalue weighted by Gasteiger charge is 2.55. The van der Waals surface area contributed by atoms with Crippen molar-refractivity contribution in [3.05, 3.63) is 72.6 Å². The Bertz CT molecular complexity index is 1280. The van der Waals surface area contributed by atoms with Crippen LogP contribution in [0.5, 0.6) is 0 Å². The zero-order valence-electron chi connectivity index (χ0n) is 18.0. The van der Waals surface area contributed by atoms with E-state index in [0.717, 1.165) is 10.9 Å². The van der Waals surface area contributed by atoms with E-state index in [1.165, 1.54) is 44.1 Å². The van der Waals surface area contributed by atoms with Gasteiger partial charge in [0, 0.05) is 47.7 Å². The van der Waals surface area contributed by atoms with Gasteiger partial charge in [0.1, 0.15) is 11.6 Å². The van der Waals surface area contributed by atoms with Crippen molar-refractivity contribution in [2.75, 3.05) is 25.5 Å². The van der Waals surface area contributed by atoms with E-state index in [4.69, 9.17) is 4.98 Å². The van der Waals surface area contributed by atoms with Crippen LogP contribution >= 0.6 is 0 Å². The monoisotopic (exact) mass is 428 g/mol. The average Bonchev–Trinajstić information content (AvgIpc) is 3.22. The Morgan fingerprint density at radius 2 is 2.00 bits per heavy atom. The van der Waals surface area contributed by atoms with E-state index in [1.807, 2.05) is 12.1 Å². The highest BCUT2D eigenvalue weighted by atomic mass is 19.1. The second-order valence-electron chi connectivity index (χ2n) is 9.16. The van der Waals surface area contributed by atoms with Gasteiger partial charge in [-0.3, -0.25) is 4.98 Å². The first kappa shape index (κ1) is 19.4. The molecule has 0 amide bonds. The smallest absolute Gasteiger partial charge is 0.148 e. The summed E-state index contributed by atoms with van der Waals surface area (Å²) in [5, 5.41) is 8.24. The van der Waals surface area contributed by atoms with E-state index in [-0.39, 0.29) is 5.82 Å². The Balaban J connectivity index is 1.24. The number of pyridine rings is 2. The van der Waals surface area contributed by atoms with Crippen LogP contribution in [0, 0.1) is 11.2 Å². The number of nitrogens with zero attached hydrogens (tertiary/aromatic N) is 5. The first-order valence-electron chi connectivity index (χ1n) is 11.1. The lowest BCUT2D eigenvalue weighted by Crippen LogP contribution is -2.31. The fourth-order valence-corrected chi connectivity index (χ4v) is 4.98. The van der Waals surface area contributed by atoms with Crippen LogP contribution in [0.25, 0.3) is 16.6 Å². The molecular formula is C25H25FN6. The Labute approximate surface area is 186 Å². The summed E-state index contributed by atoms with van der Waals surface area (Å²) in [5.41, 5.74) is 3.55. The maximum absolute atomic E-state index is 14.7. The van der Waals surface area contributed by atoms with Crippen LogP contribution in [0.15, 0.2) is 61.1 Å². The van der Waals surface area contributed by atoms with Crippen LogP contribution in [0.1, 0.15) is 30.9 Å². The number of benzene rings is 1. The third-order valence-corrected chi connectivity index (χ3v) is 7.11. The Morgan fingerprint density at radius 1 is 1.12 bits per heavy atom. The van der Waals surface area contributed by atoms with Crippen molar-refractivity contribution in [3.8, 4) is 5.69 Å². The normalized spacial score (nSPS) is 20.0. The molecule has 162 valence electrons. The summed E-state index contributed by atoms with van der Waals surface area (Å²) >= 11 is 0. The molecule has 1 saturated carbocycles. The van der Waals surface area contributed by atoms with Crippen molar-refractivity contribution in [3.63, 3.8) is 0 Å². The molecule has 1 aromatic carbocycles. The van der Waals surface area contributed by atoms with Crippen LogP contribution in [0.3, 0.4) is 0 Å². The maximum Gasteiger partial charge on any atom is 0.148 e. The average molecular weight is 429 g/mol. The number of rotatable bonds is 4. The predicted octanol–water partition coefficient (Wildman–Crippen LogP) is 4.90. The lowest BCUT2D eigenvalue weighted by atomic mass is 9.90. The van der Waals surface area contributed by atoms with Crippen LogP contribution in [-0.4, -0.2) is 44.8 Å². The molecule has 1 N–H and O–H groups in total. The minimum absolute atomic E-state index is 0.358. The molecule has 1 saturated heterocycles. The van der Waals surface area contributed by atoms with Gasteiger partial charge in [0.2, 0.25) is 0 Å². The topological polar surface area (TPSA) is 58.9 Å². The number of anilines is 2. The first-order valence-corrected chi connectivity index (χ1v) is 11.1. The molecule has 0 radical (unpaired) electrons. The minimum Gasteiger partial charge on any atom is -0.338 e. The molecular weight excluding hydrogens is 403 g/mol. The van der Waals surface area contributed by atoms with Crippen molar-refractivity contribution in [2.45, 2.75) is 25.2 Å². The molecule has 4 aromatic rings. The van der Waals surface area contributed by atoms with Crippen LogP contribution < -0.4 is 5.32 Å². The number of likely N-dealkylation sites (tertiary alicyclic amines) is 1. The van der Waals surface area contributed by atoms with E-state index in [2.05, 4.69) is 39.5 Å². The van der Waals surface area contributed by atoms with Gasteiger partial charge in [-0.15, -0.1) is 0 Å². The molecule has 1 aliphatic heterocycles. The van der Waals surface area contributed by atoms with Crippen molar-refractivity contribution in [1.82, 2.24) is 24.6 Å². The van der Waals surface area contributed by atoms with Gasteiger partial charge in [-0.1, -0.05) is 0 Å². The van der Waals surface area contributed by atoms with E-state index < -0.39 is 0 Å². The van der Waals surface area contributed by atoms with Crippen molar-refractivity contribution >= 4 is 22.4 Å². The van der Waals surface area contributed by atoms with Gasteiger partial charge in [0.15, 0.2) is 0 Å². The number of piperidine rings is 1. The second-order valence-corrected chi connectivity index (χ2v) is 9.16. The molecule has 2 aliphatic rings. The van der Waals surface area contributed by atoms with Gasteiger partial charge in [0.05, 0.1) is 16.9 Å². The molecule has 2 fully saturated rings. The number of nitrogens with one attached hydrogen (secondary N) is 1. The summed E-state index contributed by atoms with van der Waals surface area (Å²) in [6.45, 7) is 2.35. The van der Waals surface area contributed by atoms with Gasteiger partial charge in [-0.05, 0) is 75.1 Å². The number of halogens is 1. The summed E-state index contributed by atoms with van der Waals surface area (Å²) in [7, 11) is 2.20. The Kier molecular flexibility index (Phi) is 4.47. The lowest BCUT2D eigenvalue weighted by molar-refractivity contribution is 0.201. The zero-order chi connectivity index (χ0) is 21.7. The van der Waals surface area contributed by atoms with E-state index >= 15 is 0 Å². The number of hydrogen-bond donors (Lipinski definition) is 1. The fourth-order valence-electron chi connectivity index (χ4n) is 4.98. The largest absolute Gasteiger partial charge is 0.338 e. The molecule has 3 aromatic heterocycles. The SMILES string of the molecule is CN1CCC2(CC1)CC2c1ccc2cnc(Nc3ccc(-n4cccn4)cc3F)cc2n1. The highest BCUT2D eigenvalue weighted by Crippen LogP contribution is 2.64. The van der Waals surface area contributed by atoms with Crippen LogP contribution in [-0.2, 0) is 0 Å². The van der Waals surface area contributed by atoms with Crippen molar-refractivity contribution in [2.24, 2.45) is 5.41 Å². The summed E-state index contributed by atoms with van der Waals surface area (Å²) in [6, 6.07) is 13.0. The number of aromatic nitrogens is 4. The van der Waals surface area contributed by atoms with E-state index in [1.54, 1.807) is 35.4 Å². The van der Waals surface area contributed by atoms with Crippen molar-refractivity contribution < 1.29 is 4.39 Å². The quantitative estimate of drug-likeness (QED) is 0.501. The van der Waals surface area contributed by atoms with Gasteiger partial charge in [-0.2, -0.15) is 5.10 Å². The number of hydrogen-bond acceptors (Lipinski definition) is 5. The molecule has 1 aliphatic carbocycles. The molecule has 0 bridgehead atoms.